The number of amides is 2. The van der Waals surface area contributed by atoms with Gasteiger partial charge in [0.15, 0.2) is 0 Å². The van der Waals surface area contributed by atoms with Crippen LogP contribution in [0.1, 0.15) is 52.3 Å². The lowest BCUT2D eigenvalue weighted by atomic mass is 10.0. The number of hydrogen-bond donors (Lipinski definition) is 2. The minimum absolute atomic E-state index is 0.162. The van der Waals surface area contributed by atoms with Crippen LogP contribution in [-0.2, 0) is 0 Å². The molecule has 0 aliphatic rings. The molecule has 2 N–H and O–H groups in total. The molecule has 1 aromatic rings. The van der Waals surface area contributed by atoms with Crippen molar-refractivity contribution in [2.75, 3.05) is 13.1 Å². The highest BCUT2D eigenvalue weighted by Crippen LogP contribution is 2.20. The Kier molecular flexibility index (Phi) is 6.21. The normalized spacial score (nSPS) is 10.7. The van der Waals surface area contributed by atoms with E-state index < -0.39 is 0 Å². The number of carbonyl (C=O) groups is 2. The van der Waals surface area contributed by atoms with Crippen molar-refractivity contribution in [3.05, 3.63) is 18.2 Å². The van der Waals surface area contributed by atoms with E-state index in [4.69, 9.17) is 0 Å². The van der Waals surface area contributed by atoms with Gasteiger partial charge >= 0.3 is 12.1 Å². The van der Waals surface area contributed by atoms with Crippen molar-refractivity contribution >= 4 is 12.1 Å². The topological polar surface area (TPSA) is 67.0 Å². The van der Waals surface area contributed by atoms with E-state index in [1.807, 2.05) is 13.8 Å². The lowest BCUT2D eigenvalue weighted by Gasteiger charge is -2.13. The van der Waals surface area contributed by atoms with Crippen LogP contribution in [0.2, 0.25) is 0 Å². The first kappa shape index (κ1) is 16.2. The number of carbonyl (C=O) groups excluding carboxylic acids is 2. The Morgan fingerprint density at radius 1 is 1.15 bits per heavy atom. The fourth-order valence-corrected chi connectivity index (χ4v) is 2.27. The third kappa shape index (κ3) is 3.37. The summed E-state index contributed by atoms with van der Waals surface area (Å²) < 4.78 is 3.08. The number of nitrogens with zero attached hydrogens (tertiary/aromatic N) is 2. The van der Waals surface area contributed by atoms with E-state index in [9.17, 15) is 9.59 Å². The molecular weight excluding hydrogens is 256 g/mol. The van der Waals surface area contributed by atoms with Gasteiger partial charge in [-0.3, -0.25) is 5.32 Å². The van der Waals surface area contributed by atoms with Crippen LogP contribution in [0, 0.1) is 0 Å². The average molecular weight is 281 g/mol. The minimum Gasteiger partial charge on any atom is -0.325 e. The number of rotatable bonds is 5. The van der Waals surface area contributed by atoms with E-state index in [0.717, 1.165) is 18.7 Å². The molecule has 0 aliphatic carbocycles. The van der Waals surface area contributed by atoms with Crippen LogP contribution < -0.4 is 15.2 Å². The highest BCUT2D eigenvalue weighted by atomic mass is 16.2. The summed E-state index contributed by atoms with van der Waals surface area (Å²) in [6.45, 7) is 8.98. The molecule has 6 nitrogen and oxygen atoms in total. The Morgan fingerprint density at radius 3 is 2.25 bits per heavy atom. The van der Waals surface area contributed by atoms with Crippen LogP contribution in [0.5, 0.6) is 0 Å². The van der Waals surface area contributed by atoms with Gasteiger partial charge in [-0.1, -0.05) is 13.8 Å². The van der Waals surface area contributed by atoms with Gasteiger partial charge in [0.2, 0.25) is 5.82 Å². The van der Waals surface area contributed by atoms with Crippen LogP contribution in [0.25, 0.3) is 0 Å². The smallest absolute Gasteiger partial charge is 0.325 e. The van der Waals surface area contributed by atoms with Gasteiger partial charge in [0.05, 0.1) is 6.54 Å². The third-order valence-corrected chi connectivity index (χ3v) is 3.30. The molecule has 112 valence electrons. The Hall–Kier alpha value is -1.85. The summed E-state index contributed by atoms with van der Waals surface area (Å²) in [7, 11) is 0. The van der Waals surface area contributed by atoms with Crippen molar-refractivity contribution in [1.82, 2.24) is 15.2 Å². The van der Waals surface area contributed by atoms with Gasteiger partial charge in [0, 0.05) is 12.5 Å². The highest BCUT2D eigenvalue weighted by Gasteiger charge is 2.29. The Bertz CT molecular complexity index is 428. The molecule has 0 aromatic carbocycles. The predicted molar refractivity (Wildman–Crippen MR) is 76.9 cm³/mol. The molecule has 1 aromatic heterocycles. The molecule has 0 aliphatic heterocycles. The van der Waals surface area contributed by atoms with Gasteiger partial charge < -0.3 is 5.32 Å². The molecule has 0 saturated heterocycles. The van der Waals surface area contributed by atoms with E-state index in [0.29, 0.717) is 13.1 Å². The molecular formula is C14H25N4O2+. The third-order valence-electron chi connectivity index (χ3n) is 3.30. The zero-order valence-electron chi connectivity index (χ0n) is 12.8. The molecule has 1 rings (SSSR count). The summed E-state index contributed by atoms with van der Waals surface area (Å²) in [5.41, 5.74) is 0. The molecule has 0 unspecified atom stereocenters. The van der Waals surface area contributed by atoms with Gasteiger partial charge in [0.1, 0.15) is 12.4 Å². The van der Waals surface area contributed by atoms with Crippen molar-refractivity contribution in [2.24, 2.45) is 0 Å². The molecule has 20 heavy (non-hydrogen) atoms. The summed E-state index contributed by atoms with van der Waals surface area (Å²) >= 11 is 0. The quantitative estimate of drug-likeness (QED) is 0.809. The molecule has 6 heteroatoms. The van der Waals surface area contributed by atoms with Gasteiger partial charge in [-0.05, 0) is 26.7 Å². The van der Waals surface area contributed by atoms with Crippen molar-refractivity contribution in [3.63, 3.8) is 0 Å². The number of aromatic nitrogens is 2. The van der Waals surface area contributed by atoms with Crippen LogP contribution >= 0.6 is 0 Å². The van der Waals surface area contributed by atoms with Crippen LogP contribution in [0.3, 0.4) is 0 Å². The SMILES string of the molecule is CCNC(=O)n1cc[n+](C(=O)NCC)c1C(CC)CC. The summed E-state index contributed by atoms with van der Waals surface area (Å²) in [4.78, 5) is 24.2. The number of hydrogen-bond acceptors (Lipinski definition) is 2. The minimum atomic E-state index is -0.197. The van der Waals surface area contributed by atoms with Gasteiger partial charge in [-0.15, -0.1) is 0 Å². The lowest BCUT2D eigenvalue weighted by Crippen LogP contribution is -2.53. The second kappa shape index (κ2) is 7.67. The second-order valence-corrected chi connectivity index (χ2v) is 4.58. The first-order chi connectivity index (χ1) is 9.60. The fraction of sp³-hybridized carbons (Fsp3) is 0.643. The van der Waals surface area contributed by atoms with E-state index >= 15 is 0 Å². The first-order valence-corrected chi connectivity index (χ1v) is 7.29. The predicted octanol–water partition coefficient (Wildman–Crippen LogP) is 1.83. The largest absolute Gasteiger partial charge is 0.440 e. The summed E-state index contributed by atoms with van der Waals surface area (Å²) in [6, 6.07) is -0.394. The first-order valence-electron chi connectivity index (χ1n) is 7.29. The van der Waals surface area contributed by atoms with Crippen molar-refractivity contribution in [2.45, 2.75) is 46.5 Å². The summed E-state index contributed by atoms with van der Waals surface area (Å²) in [6.07, 6.45) is 5.04. The maximum absolute atomic E-state index is 12.1. The van der Waals surface area contributed by atoms with Gasteiger partial charge in [-0.25, -0.2) is 9.59 Å². The Morgan fingerprint density at radius 2 is 1.75 bits per heavy atom. The van der Waals surface area contributed by atoms with Crippen LogP contribution in [0.15, 0.2) is 12.4 Å². The molecule has 0 spiro atoms. The molecule has 0 radical (unpaired) electrons. The lowest BCUT2D eigenvalue weighted by molar-refractivity contribution is -0.582. The Labute approximate surface area is 120 Å². The van der Waals surface area contributed by atoms with E-state index in [2.05, 4.69) is 24.5 Å². The Balaban J connectivity index is 3.25. The second-order valence-electron chi connectivity index (χ2n) is 4.58. The molecule has 2 amide bonds. The van der Waals surface area contributed by atoms with E-state index in [1.54, 1.807) is 12.4 Å². The molecule has 1 heterocycles. The van der Waals surface area contributed by atoms with Gasteiger partial charge in [0.25, 0.3) is 0 Å². The van der Waals surface area contributed by atoms with Crippen LogP contribution in [-0.4, -0.2) is 29.7 Å². The average Bonchev–Trinajstić information content (AvgIpc) is 2.86. The van der Waals surface area contributed by atoms with Crippen molar-refractivity contribution in [1.29, 1.82) is 0 Å². The van der Waals surface area contributed by atoms with E-state index in [-0.39, 0.29) is 18.0 Å². The standard InChI is InChI=1S/C14H24N4O2/c1-5-11(6-2)12-17(13(19)15-7-3)9-10-18(12)14(20)16-8-4/h9-11H,5-8H2,1-4H3,(H-,15,16,19,20)/p+1. The van der Waals surface area contributed by atoms with Crippen molar-refractivity contribution in [3.8, 4) is 0 Å². The van der Waals surface area contributed by atoms with E-state index in [1.165, 1.54) is 9.13 Å². The maximum atomic E-state index is 12.1. The summed E-state index contributed by atoms with van der Waals surface area (Å²) in [5, 5.41) is 5.54. The molecule has 0 fully saturated rings. The summed E-state index contributed by atoms with van der Waals surface area (Å²) in [5.74, 6) is 0.891. The van der Waals surface area contributed by atoms with Crippen LogP contribution in [0.4, 0.5) is 9.59 Å². The molecule has 0 atom stereocenters. The maximum Gasteiger partial charge on any atom is 0.440 e. The number of nitrogens with one attached hydrogen (secondary N) is 2. The number of imidazole rings is 1. The monoisotopic (exact) mass is 281 g/mol. The highest BCUT2D eigenvalue weighted by molar-refractivity contribution is 5.77. The van der Waals surface area contributed by atoms with Gasteiger partial charge in [-0.2, -0.15) is 9.13 Å². The van der Waals surface area contributed by atoms with Crippen molar-refractivity contribution < 1.29 is 14.2 Å². The zero-order valence-corrected chi connectivity index (χ0v) is 12.8. The zero-order chi connectivity index (χ0) is 15.1. The molecule has 0 bridgehead atoms. The molecule has 0 saturated carbocycles. The fourth-order valence-electron chi connectivity index (χ4n) is 2.27.